The van der Waals surface area contributed by atoms with Gasteiger partial charge in [0.2, 0.25) is 0 Å². The van der Waals surface area contributed by atoms with Crippen molar-refractivity contribution in [2.75, 3.05) is 32.8 Å². The maximum Gasteiger partial charge on any atom is 0.351 e. The third kappa shape index (κ3) is 10.3. The van der Waals surface area contributed by atoms with E-state index in [-0.39, 0.29) is 49.9 Å². The monoisotopic (exact) mass is 833 g/mol. The molecule has 1 N–H and O–H groups in total. The van der Waals surface area contributed by atoms with E-state index < -0.39 is 38.3 Å². The Morgan fingerprint density at radius 1 is 0.883 bits per heavy atom. The van der Waals surface area contributed by atoms with Crippen LogP contribution in [-0.2, 0) is 24.1 Å². The van der Waals surface area contributed by atoms with Gasteiger partial charge in [0.25, 0.3) is 14.4 Å². The summed E-state index contributed by atoms with van der Waals surface area (Å²) < 4.78 is 41.9. The van der Waals surface area contributed by atoms with Gasteiger partial charge in [0.05, 0.1) is 46.0 Å². The quantitative estimate of drug-likeness (QED) is 0.0486. The second kappa shape index (κ2) is 20.7. The highest BCUT2D eigenvalue weighted by Gasteiger charge is 2.45. The lowest BCUT2D eigenvalue weighted by molar-refractivity contribution is -0.0925. The van der Waals surface area contributed by atoms with Gasteiger partial charge in [-0.05, 0) is 86.8 Å². The summed E-state index contributed by atoms with van der Waals surface area (Å²) >= 11 is 0. The summed E-state index contributed by atoms with van der Waals surface area (Å²) in [5.74, 6) is 1.12. The minimum Gasteiger partial charge on any atom is -0.497 e. The molecular formula is C46H52N5O8P. The molecule has 1 fully saturated rings. The molecule has 2 heterocycles. The summed E-state index contributed by atoms with van der Waals surface area (Å²) in [5.41, 5.74) is 1.22. The summed E-state index contributed by atoms with van der Waals surface area (Å²) in [5, 5.41) is 12.1. The van der Waals surface area contributed by atoms with Crippen molar-refractivity contribution in [2.45, 2.75) is 76.7 Å². The molecule has 14 heteroatoms. The standard InChI is InChI=1S/C46H52N5O8P/c1-32(2)51(33(3)4)60(57-29-13-27-47)59-40-30-43(50-28-26-42(49-45(50)53)48-44(52)34-14-9-7-10-15-34)58-41(40)31-56-46(35-16-11-8-12-17-35,36-18-22-38(54-5)23-19-36)37-20-24-39(55-6)25-21-37/h7-12,14-26,28,32-33,40-41,43H,13,29-31H2,1-6H3,(H,48,49,52,53)/t40-,41?,43?,60?/m1/s1. The highest BCUT2D eigenvalue weighted by Crippen LogP contribution is 2.50. The van der Waals surface area contributed by atoms with Crippen molar-refractivity contribution in [3.63, 3.8) is 0 Å². The van der Waals surface area contributed by atoms with E-state index in [4.69, 9.17) is 28.0 Å². The average molecular weight is 834 g/mol. The molecule has 0 saturated carbocycles. The fourth-order valence-corrected chi connectivity index (χ4v) is 9.06. The van der Waals surface area contributed by atoms with Crippen LogP contribution >= 0.6 is 8.53 Å². The summed E-state index contributed by atoms with van der Waals surface area (Å²) in [6.45, 7) is 8.49. The number of nitriles is 1. The SMILES string of the molecule is COc1ccc(C(OCC2OC(n3ccc(NC(=O)c4ccccc4)nc3=O)C[C@H]2OP(OCCC#N)N(C(C)C)C(C)C)(c2ccccc2)c2ccc(OC)cc2)cc1. The van der Waals surface area contributed by atoms with Crippen LogP contribution in [0.15, 0.2) is 126 Å². The molecule has 1 aliphatic rings. The number of aromatic nitrogens is 2. The van der Waals surface area contributed by atoms with E-state index in [0.29, 0.717) is 17.1 Å². The van der Waals surface area contributed by atoms with Gasteiger partial charge in [-0.2, -0.15) is 10.2 Å². The van der Waals surface area contributed by atoms with Crippen LogP contribution in [-0.4, -0.2) is 71.9 Å². The van der Waals surface area contributed by atoms with E-state index in [1.807, 2.05) is 84.9 Å². The van der Waals surface area contributed by atoms with Gasteiger partial charge in [-0.15, -0.1) is 0 Å². The predicted octanol–water partition coefficient (Wildman–Crippen LogP) is 8.47. The number of rotatable bonds is 19. The molecule has 1 amide bonds. The first-order valence-corrected chi connectivity index (χ1v) is 21.1. The van der Waals surface area contributed by atoms with Crippen LogP contribution in [0.5, 0.6) is 11.5 Å². The second-order valence-corrected chi connectivity index (χ2v) is 16.1. The van der Waals surface area contributed by atoms with Crippen LogP contribution in [0.25, 0.3) is 0 Å². The number of benzene rings is 4. The maximum absolute atomic E-state index is 13.7. The predicted molar refractivity (Wildman–Crippen MR) is 230 cm³/mol. The summed E-state index contributed by atoms with van der Waals surface area (Å²) in [7, 11) is 1.55. The second-order valence-electron chi connectivity index (χ2n) is 14.7. The van der Waals surface area contributed by atoms with Gasteiger partial charge < -0.3 is 33.3 Å². The zero-order chi connectivity index (χ0) is 42.6. The molecule has 1 saturated heterocycles. The van der Waals surface area contributed by atoms with E-state index in [1.165, 1.54) is 4.57 Å². The van der Waals surface area contributed by atoms with Gasteiger partial charge >= 0.3 is 5.69 Å². The first kappa shape index (κ1) is 44.1. The minimum atomic E-state index is -1.70. The van der Waals surface area contributed by atoms with Crippen LogP contribution in [0.2, 0.25) is 0 Å². The van der Waals surface area contributed by atoms with Crippen molar-refractivity contribution in [3.05, 3.63) is 154 Å². The average Bonchev–Trinajstić information content (AvgIpc) is 3.66. The van der Waals surface area contributed by atoms with Gasteiger partial charge in [-0.25, -0.2) is 9.46 Å². The van der Waals surface area contributed by atoms with Gasteiger partial charge in [0, 0.05) is 30.3 Å². The zero-order valence-corrected chi connectivity index (χ0v) is 35.7. The molecule has 6 rings (SSSR count). The number of anilines is 1. The van der Waals surface area contributed by atoms with E-state index in [2.05, 4.69) is 48.7 Å². The number of hydrogen-bond acceptors (Lipinski definition) is 11. The number of methoxy groups -OCH3 is 2. The highest BCUT2D eigenvalue weighted by atomic mass is 31.2. The molecule has 3 unspecified atom stereocenters. The highest BCUT2D eigenvalue weighted by molar-refractivity contribution is 7.44. The van der Waals surface area contributed by atoms with E-state index >= 15 is 0 Å². The Kier molecular flexibility index (Phi) is 15.2. The Morgan fingerprint density at radius 2 is 1.45 bits per heavy atom. The first-order valence-electron chi connectivity index (χ1n) is 19.9. The fraction of sp³-hybridized carbons (Fsp3) is 0.348. The lowest BCUT2D eigenvalue weighted by atomic mass is 9.80. The third-order valence-electron chi connectivity index (χ3n) is 10.1. The summed E-state index contributed by atoms with van der Waals surface area (Å²) in [6.07, 6.45) is -0.153. The van der Waals surface area contributed by atoms with Crippen molar-refractivity contribution in [3.8, 4) is 17.6 Å². The third-order valence-corrected chi connectivity index (χ3v) is 12.3. The normalized spacial score (nSPS) is 17.1. The van der Waals surface area contributed by atoms with E-state index in [1.54, 1.807) is 50.7 Å². The van der Waals surface area contributed by atoms with Crippen molar-refractivity contribution >= 4 is 20.3 Å². The summed E-state index contributed by atoms with van der Waals surface area (Å²) in [4.78, 5) is 30.7. The number of nitrogens with one attached hydrogen (secondary N) is 1. The molecule has 1 aliphatic heterocycles. The number of ether oxygens (including phenoxy) is 4. The van der Waals surface area contributed by atoms with Crippen molar-refractivity contribution < 1.29 is 32.8 Å². The molecule has 0 radical (unpaired) electrons. The molecule has 314 valence electrons. The lowest BCUT2D eigenvalue weighted by Gasteiger charge is -2.39. The molecule has 0 spiro atoms. The Hall–Kier alpha value is -5.45. The molecule has 0 aliphatic carbocycles. The number of hydrogen-bond donors (Lipinski definition) is 1. The van der Waals surface area contributed by atoms with E-state index in [0.717, 1.165) is 16.7 Å². The lowest BCUT2D eigenvalue weighted by Crippen LogP contribution is -2.39. The molecule has 4 atom stereocenters. The molecule has 0 bridgehead atoms. The molecule has 13 nitrogen and oxygen atoms in total. The van der Waals surface area contributed by atoms with Crippen LogP contribution in [0.3, 0.4) is 0 Å². The number of nitrogens with zero attached hydrogens (tertiary/aromatic N) is 4. The largest absolute Gasteiger partial charge is 0.497 e. The number of carbonyl (C=O) groups is 1. The molecule has 60 heavy (non-hydrogen) atoms. The Labute approximate surface area is 352 Å². The topological polar surface area (TPSA) is 146 Å². The first-order chi connectivity index (χ1) is 29.1. The van der Waals surface area contributed by atoms with Crippen molar-refractivity contribution in [1.82, 2.24) is 14.2 Å². The smallest absolute Gasteiger partial charge is 0.351 e. The maximum atomic E-state index is 13.7. The Bertz CT molecular complexity index is 2180. The van der Waals surface area contributed by atoms with Gasteiger partial charge in [-0.3, -0.25) is 9.36 Å². The van der Waals surface area contributed by atoms with Crippen LogP contribution in [0.4, 0.5) is 5.82 Å². The zero-order valence-electron chi connectivity index (χ0n) is 34.8. The van der Waals surface area contributed by atoms with Gasteiger partial charge in [-0.1, -0.05) is 72.8 Å². The van der Waals surface area contributed by atoms with Crippen LogP contribution in [0.1, 0.15) is 73.8 Å². The van der Waals surface area contributed by atoms with Gasteiger partial charge in [0.1, 0.15) is 35.2 Å². The molecular weight excluding hydrogens is 782 g/mol. The Balaban J connectivity index is 1.39. The molecule has 4 aromatic carbocycles. The minimum absolute atomic E-state index is 0.0201. The fourth-order valence-electron chi connectivity index (χ4n) is 7.30. The van der Waals surface area contributed by atoms with Gasteiger partial charge in [0.15, 0.2) is 0 Å². The number of carbonyl (C=O) groups excluding carboxylic acids is 1. The van der Waals surface area contributed by atoms with Crippen molar-refractivity contribution in [1.29, 1.82) is 5.26 Å². The summed E-state index contributed by atoms with van der Waals surface area (Å²) in [6, 6.07) is 38.0. The number of amides is 1. The van der Waals surface area contributed by atoms with Crippen LogP contribution in [0, 0.1) is 11.3 Å². The van der Waals surface area contributed by atoms with Crippen molar-refractivity contribution in [2.24, 2.45) is 0 Å². The molecule has 5 aromatic rings. The van der Waals surface area contributed by atoms with Crippen LogP contribution < -0.4 is 20.5 Å². The molecule has 1 aromatic heterocycles. The van der Waals surface area contributed by atoms with E-state index in [9.17, 15) is 14.9 Å². The Morgan fingerprint density at radius 3 is 1.98 bits per heavy atom.